The molecule has 2 saturated heterocycles. The molecule has 1 unspecified atom stereocenters. The van der Waals surface area contributed by atoms with E-state index in [4.69, 9.17) is 4.74 Å². The van der Waals surface area contributed by atoms with Gasteiger partial charge in [-0.2, -0.15) is 0 Å². The standard InChI is InChI=1S/C26H28N2O5/c1-27-22(29)16-26(25(27)32,17-23(30)28-14-12-20(13-15-28)24(31)33-2)21-10-8-19(9-11-21)18-6-4-3-5-7-18/h3-11,20H,12-17H2,1-2H3. The van der Waals surface area contributed by atoms with Gasteiger partial charge in [0.2, 0.25) is 17.7 Å². The van der Waals surface area contributed by atoms with Crippen molar-refractivity contribution in [2.24, 2.45) is 5.92 Å². The molecule has 2 fully saturated rings. The lowest BCUT2D eigenvalue weighted by molar-refractivity contribution is -0.149. The second-order valence-corrected chi connectivity index (χ2v) is 8.82. The van der Waals surface area contributed by atoms with Crippen LogP contribution in [0.4, 0.5) is 0 Å². The third-order valence-corrected chi connectivity index (χ3v) is 6.92. The van der Waals surface area contributed by atoms with Crippen LogP contribution in [0.2, 0.25) is 0 Å². The summed E-state index contributed by atoms with van der Waals surface area (Å²) in [6.07, 6.45) is 0.959. The zero-order chi connectivity index (χ0) is 23.6. The van der Waals surface area contributed by atoms with Gasteiger partial charge in [-0.25, -0.2) is 0 Å². The van der Waals surface area contributed by atoms with Crippen molar-refractivity contribution in [3.05, 3.63) is 60.2 Å². The number of methoxy groups -OCH3 is 1. The van der Waals surface area contributed by atoms with Crippen molar-refractivity contribution in [1.82, 2.24) is 9.80 Å². The molecule has 3 amide bonds. The minimum absolute atomic E-state index is 0.0304. The first-order chi connectivity index (χ1) is 15.9. The normalized spacial score (nSPS) is 21.4. The van der Waals surface area contributed by atoms with E-state index in [0.29, 0.717) is 31.5 Å². The Labute approximate surface area is 193 Å². The van der Waals surface area contributed by atoms with Gasteiger partial charge in [-0.1, -0.05) is 54.6 Å². The summed E-state index contributed by atoms with van der Waals surface area (Å²) in [6.45, 7) is 0.860. The first kappa shape index (κ1) is 22.7. The zero-order valence-electron chi connectivity index (χ0n) is 19.0. The average Bonchev–Trinajstić information content (AvgIpc) is 3.08. The molecule has 2 aliphatic rings. The predicted molar refractivity (Wildman–Crippen MR) is 122 cm³/mol. The molecule has 0 N–H and O–H groups in total. The molecule has 0 aliphatic carbocycles. The molecule has 7 heteroatoms. The topological polar surface area (TPSA) is 84.0 Å². The number of likely N-dealkylation sites (N-methyl/N-ethyl adjacent to an activating group) is 1. The van der Waals surface area contributed by atoms with E-state index < -0.39 is 5.41 Å². The summed E-state index contributed by atoms with van der Waals surface area (Å²) in [5.41, 5.74) is 1.50. The zero-order valence-corrected chi connectivity index (χ0v) is 19.0. The van der Waals surface area contributed by atoms with Crippen LogP contribution in [0.3, 0.4) is 0 Å². The molecule has 0 aromatic heterocycles. The van der Waals surface area contributed by atoms with Crippen LogP contribution in [0.1, 0.15) is 31.2 Å². The molecular weight excluding hydrogens is 420 g/mol. The van der Waals surface area contributed by atoms with Gasteiger partial charge in [-0.05, 0) is 29.5 Å². The van der Waals surface area contributed by atoms with Crippen molar-refractivity contribution in [1.29, 1.82) is 0 Å². The number of nitrogens with zero attached hydrogens (tertiary/aromatic N) is 2. The first-order valence-electron chi connectivity index (χ1n) is 11.2. The summed E-state index contributed by atoms with van der Waals surface area (Å²) in [6, 6.07) is 17.4. The van der Waals surface area contributed by atoms with Gasteiger partial charge >= 0.3 is 5.97 Å². The van der Waals surface area contributed by atoms with E-state index in [-0.39, 0.29) is 42.5 Å². The number of carbonyl (C=O) groups excluding carboxylic acids is 4. The highest BCUT2D eigenvalue weighted by Crippen LogP contribution is 2.40. The van der Waals surface area contributed by atoms with E-state index in [9.17, 15) is 19.2 Å². The summed E-state index contributed by atoms with van der Waals surface area (Å²) in [4.78, 5) is 53.6. The Bertz CT molecular complexity index is 1060. The quantitative estimate of drug-likeness (QED) is 0.519. The second kappa shape index (κ2) is 9.17. The van der Waals surface area contributed by atoms with E-state index in [1.807, 2.05) is 54.6 Å². The van der Waals surface area contributed by atoms with E-state index in [1.54, 1.807) is 4.90 Å². The van der Waals surface area contributed by atoms with Crippen LogP contribution in [-0.2, 0) is 29.3 Å². The van der Waals surface area contributed by atoms with Crippen LogP contribution >= 0.6 is 0 Å². The lowest BCUT2D eigenvalue weighted by atomic mass is 9.75. The van der Waals surface area contributed by atoms with Crippen molar-refractivity contribution in [3.8, 4) is 11.1 Å². The lowest BCUT2D eigenvalue weighted by Gasteiger charge is -2.34. The fraction of sp³-hybridized carbons (Fsp3) is 0.385. The maximum atomic E-state index is 13.3. The smallest absolute Gasteiger partial charge is 0.308 e. The highest BCUT2D eigenvalue weighted by molar-refractivity contribution is 6.10. The Morgan fingerprint density at radius 3 is 2.12 bits per heavy atom. The average molecular weight is 449 g/mol. The van der Waals surface area contributed by atoms with Crippen molar-refractivity contribution in [3.63, 3.8) is 0 Å². The van der Waals surface area contributed by atoms with Gasteiger partial charge in [0.25, 0.3) is 0 Å². The fourth-order valence-electron chi connectivity index (χ4n) is 4.87. The SMILES string of the molecule is COC(=O)C1CCN(C(=O)CC2(c3ccc(-c4ccccc4)cc3)CC(=O)N(C)C2=O)CC1. The van der Waals surface area contributed by atoms with Gasteiger partial charge in [0.15, 0.2) is 0 Å². The van der Waals surface area contributed by atoms with Crippen LogP contribution in [0.5, 0.6) is 0 Å². The number of imide groups is 1. The summed E-state index contributed by atoms with van der Waals surface area (Å²) in [5, 5.41) is 0. The maximum Gasteiger partial charge on any atom is 0.308 e. The molecule has 0 saturated carbocycles. The molecular formula is C26H28N2O5. The third-order valence-electron chi connectivity index (χ3n) is 6.92. The number of likely N-dealkylation sites (tertiary alicyclic amines) is 2. The number of piperidine rings is 1. The van der Waals surface area contributed by atoms with Crippen molar-refractivity contribution < 1.29 is 23.9 Å². The van der Waals surface area contributed by atoms with E-state index >= 15 is 0 Å². The Morgan fingerprint density at radius 1 is 0.970 bits per heavy atom. The molecule has 2 aromatic carbocycles. The summed E-state index contributed by atoms with van der Waals surface area (Å²) in [7, 11) is 2.84. The van der Waals surface area contributed by atoms with Crippen LogP contribution < -0.4 is 0 Å². The van der Waals surface area contributed by atoms with E-state index in [0.717, 1.165) is 16.0 Å². The van der Waals surface area contributed by atoms with Gasteiger partial charge in [0, 0.05) is 33.0 Å². The van der Waals surface area contributed by atoms with Crippen LogP contribution in [-0.4, -0.2) is 60.7 Å². The van der Waals surface area contributed by atoms with E-state index in [2.05, 4.69) is 0 Å². The number of benzene rings is 2. The van der Waals surface area contributed by atoms with Crippen LogP contribution in [0.15, 0.2) is 54.6 Å². The Hall–Kier alpha value is -3.48. The monoisotopic (exact) mass is 448 g/mol. The summed E-state index contributed by atoms with van der Waals surface area (Å²) >= 11 is 0. The van der Waals surface area contributed by atoms with Gasteiger partial charge in [-0.3, -0.25) is 24.1 Å². The molecule has 2 aromatic rings. The number of rotatable bonds is 5. The molecule has 1 atom stereocenters. The molecule has 0 radical (unpaired) electrons. The van der Waals surface area contributed by atoms with Crippen molar-refractivity contribution in [2.45, 2.75) is 31.1 Å². The molecule has 2 aliphatic heterocycles. The van der Waals surface area contributed by atoms with Gasteiger partial charge < -0.3 is 9.64 Å². The summed E-state index contributed by atoms with van der Waals surface area (Å²) in [5.74, 6) is -1.28. The van der Waals surface area contributed by atoms with Gasteiger partial charge in [0.05, 0.1) is 18.4 Å². The number of ether oxygens (including phenoxy) is 1. The molecule has 0 bridgehead atoms. The summed E-state index contributed by atoms with van der Waals surface area (Å²) < 4.78 is 4.82. The first-order valence-corrected chi connectivity index (χ1v) is 11.2. The minimum atomic E-state index is -1.21. The highest BCUT2D eigenvalue weighted by atomic mass is 16.5. The molecule has 172 valence electrons. The molecule has 0 spiro atoms. The highest BCUT2D eigenvalue weighted by Gasteiger charge is 2.53. The maximum absolute atomic E-state index is 13.3. The third kappa shape index (κ3) is 4.27. The van der Waals surface area contributed by atoms with Crippen molar-refractivity contribution in [2.75, 3.05) is 27.2 Å². The minimum Gasteiger partial charge on any atom is -0.469 e. The lowest BCUT2D eigenvalue weighted by Crippen LogP contribution is -2.45. The predicted octanol–water partition coefficient (Wildman–Crippen LogP) is 2.78. The number of hydrogen-bond donors (Lipinski definition) is 0. The second-order valence-electron chi connectivity index (χ2n) is 8.82. The van der Waals surface area contributed by atoms with Crippen LogP contribution in [0, 0.1) is 5.92 Å². The molecule has 2 heterocycles. The largest absolute Gasteiger partial charge is 0.469 e. The Kier molecular flexibility index (Phi) is 6.31. The molecule has 33 heavy (non-hydrogen) atoms. The number of amides is 3. The molecule has 4 rings (SSSR count). The number of hydrogen-bond acceptors (Lipinski definition) is 5. The fourth-order valence-corrected chi connectivity index (χ4v) is 4.87. The molecule has 7 nitrogen and oxygen atoms in total. The van der Waals surface area contributed by atoms with E-state index in [1.165, 1.54) is 14.2 Å². The van der Waals surface area contributed by atoms with Gasteiger partial charge in [0.1, 0.15) is 0 Å². The Morgan fingerprint density at radius 2 is 1.58 bits per heavy atom. The Balaban J connectivity index is 1.57. The van der Waals surface area contributed by atoms with Crippen molar-refractivity contribution >= 4 is 23.7 Å². The van der Waals surface area contributed by atoms with Gasteiger partial charge in [-0.15, -0.1) is 0 Å². The number of esters is 1. The number of carbonyl (C=O) groups is 4. The van der Waals surface area contributed by atoms with Crippen LogP contribution in [0.25, 0.3) is 11.1 Å².